The molecule has 6 nitrogen and oxygen atoms in total. The van der Waals surface area contributed by atoms with Crippen molar-refractivity contribution in [2.24, 2.45) is 0 Å². The molecule has 27 heavy (non-hydrogen) atoms. The van der Waals surface area contributed by atoms with E-state index in [4.69, 9.17) is 0 Å². The molecule has 0 radical (unpaired) electrons. The van der Waals surface area contributed by atoms with Crippen LogP contribution in [0.15, 0.2) is 42.6 Å². The Morgan fingerprint density at radius 3 is 2.48 bits per heavy atom. The molecular weight excluding hydrogens is 340 g/mol. The second-order valence-corrected chi connectivity index (χ2v) is 7.18. The molecule has 1 saturated heterocycles. The van der Waals surface area contributed by atoms with Crippen molar-refractivity contribution in [3.63, 3.8) is 0 Å². The maximum Gasteiger partial charge on any atom is 0.270 e. The van der Waals surface area contributed by atoms with E-state index in [0.717, 1.165) is 13.1 Å². The molecule has 0 aliphatic carbocycles. The third-order valence-corrected chi connectivity index (χ3v) is 4.59. The number of carbonyl (C=O) groups is 2. The fourth-order valence-electron chi connectivity index (χ4n) is 3.20. The Hall–Kier alpha value is -2.89. The van der Waals surface area contributed by atoms with Crippen LogP contribution < -0.4 is 10.2 Å². The van der Waals surface area contributed by atoms with Crippen LogP contribution in [0.1, 0.15) is 40.3 Å². The van der Waals surface area contributed by atoms with Gasteiger partial charge in [0.2, 0.25) is 0 Å². The molecule has 1 N–H and O–H groups in total. The fourth-order valence-corrected chi connectivity index (χ4v) is 3.20. The predicted molar refractivity (Wildman–Crippen MR) is 106 cm³/mol. The lowest BCUT2D eigenvalue weighted by Crippen LogP contribution is -2.48. The van der Waals surface area contributed by atoms with Gasteiger partial charge < -0.3 is 15.1 Å². The fraction of sp³-hybridized carbons (Fsp3) is 0.381. The van der Waals surface area contributed by atoms with E-state index in [2.05, 4.69) is 46.4 Å². The highest BCUT2D eigenvalue weighted by atomic mass is 16.2. The molecule has 3 rings (SSSR count). The molecule has 0 spiro atoms. The van der Waals surface area contributed by atoms with Crippen LogP contribution in [0.4, 0.5) is 5.69 Å². The summed E-state index contributed by atoms with van der Waals surface area (Å²) in [7, 11) is 0. The first-order valence-corrected chi connectivity index (χ1v) is 9.32. The number of pyridine rings is 1. The van der Waals surface area contributed by atoms with E-state index >= 15 is 0 Å². The van der Waals surface area contributed by atoms with Gasteiger partial charge in [-0.05, 0) is 50.6 Å². The van der Waals surface area contributed by atoms with Crippen molar-refractivity contribution in [2.45, 2.75) is 26.8 Å². The van der Waals surface area contributed by atoms with Crippen LogP contribution in [0.25, 0.3) is 0 Å². The number of rotatable bonds is 4. The molecule has 2 aromatic rings. The van der Waals surface area contributed by atoms with Gasteiger partial charge in [0.1, 0.15) is 5.69 Å². The first-order chi connectivity index (χ1) is 12.9. The summed E-state index contributed by atoms with van der Waals surface area (Å²) in [5.74, 6) is -0.316. The van der Waals surface area contributed by atoms with Crippen molar-refractivity contribution in [3.05, 3.63) is 59.4 Å². The van der Waals surface area contributed by atoms with Crippen molar-refractivity contribution in [2.75, 3.05) is 31.1 Å². The van der Waals surface area contributed by atoms with Gasteiger partial charge in [-0.25, -0.2) is 0 Å². The normalized spacial score (nSPS) is 14.4. The minimum absolute atomic E-state index is 0.0216. The molecule has 2 heterocycles. The zero-order valence-corrected chi connectivity index (χ0v) is 16.1. The molecule has 0 unspecified atom stereocenters. The second-order valence-electron chi connectivity index (χ2n) is 7.18. The molecular formula is C21H26N4O2. The quantitative estimate of drug-likeness (QED) is 0.903. The molecule has 2 amide bonds. The SMILES string of the molecule is Cc1cccc(N2CCN(C(=O)c3ccnc(C(=O)NC(C)C)c3)CC2)c1. The number of benzene rings is 1. The van der Waals surface area contributed by atoms with Gasteiger partial charge in [-0.1, -0.05) is 12.1 Å². The lowest BCUT2D eigenvalue weighted by Gasteiger charge is -2.36. The maximum atomic E-state index is 12.8. The monoisotopic (exact) mass is 366 g/mol. The molecule has 142 valence electrons. The number of carbonyl (C=O) groups excluding carboxylic acids is 2. The Bertz CT molecular complexity index is 826. The zero-order valence-electron chi connectivity index (χ0n) is 16.1. The Labute approximate surface area is 160 Å². The Morgan fingerprint density at radius 1 is 1.07 bits per heavy atom. The predicted octanol–water partition coefficient (Wildman–Crippen LogP) is 2.49. The van der Waals surface area contributed by atoms with Crippen LogP contribution >= 0.6 is 0 Å². The van der Waals surface area contributed by atoms with Crippen LogP contribution in [-0.2, 0) is 0 Å². The number of aromatic nitrogens is 1. The Balaban J connectivity index is 1.65. The van der Waals surface area contributed by atoms with Crippen LogP contribution in [0.3, 0.4) is 0 Å². The van der Waals surface area contributed by atoms with E-state index in [9.17, 15) is 9.59 Å². The zero-order chi connectivity index (χ0) is 19.4. The number of nitrogens with zero attached hydrogens (tertiary/aromatic N) is 3. The Morgan fingerprint density at radius 2 is 1.81 bits per heavy atom. The highest BCUT2D eigenvalue weighted by Crippen LogP contribution is 2.18. The third-order valence-electron chi connectivity index (χ3n) is 4.59. The molecule has 1 aromatic heterocycles. The average Bonchev–Trinajstić information content (AvgIpc) is 2.67. The number of piperazine rings is 1. The Kier molecular flexibility index (Phi) is 5.74. The molecule has 6 heteroatoms. The maximum absolute atomic E-state index is 12.8. The van der Waals surface area contributed by atoms with Crippen molar-refractivity contribution >= 4 is 17.5 Å². The van der Waals surface area contributed by atoms with Gasteiger partial charge in [0.25, 0.3) is 11.8 Å². The van der Waals surface area contributed by atoms with Crippen LogP contribution in [0.5, 0.6) is 0 Å². The average molecular weight is 366 g/mol. The van der Waals surface area contributed by atoms with Gasteiger partial charge in [-0.3, -0.25) is 14.6 Å². The minimum atomic E-state index is -0.260. The highest BCUT2D eigenvalue weighted by Gasteiger charge is 2.23. The summed E-state index contributed by atoms with van der Waals surface area (Å²) < 4.78 is 0. The summed E-state index contributed by atoms with van der Waals surface area (Å²) in [6.07, 6.45) is 1.52. The van der Waals surface area contributed by atoms with E-state index in [1.807, 2.05) is 18.7 Å². The van der Waals surface area contributed by atoms with Gasteiger partial charge in [-0.2, -0.15) is 0 Å². The van der Waals surface area contributed by atoms with Gasteiger partial charge >= 0.3 is 0 Å². The van der Waals surface area contributed by atoms with E-state index in [-0.39, 0.29) is 23.6 Å². The number of nitrogens with one attached hydrogen (secondary N) is 1. The second kappa shape index (κ2) is 8.20. The number of anilines is 1. The van der Waals surface area contributed by atoms with Crippen molar-refractivity contribution in [3.8, 4) is 0 Å². The number of hydrogen-bond donors (Lipinski definition) is 1. The molecule has 0 atom stereocenters. The number of amides is 2. The van der Waals surface area contributed by atoms with E-state index in [1.165, 1.54) is 17.4 Å². The molecule has 1 aliphatic rings. The first kappa shape index (κ1) is 18.9. The highest BCUT2D eigenvalue weighted by molar-refractivity contribution is 5.98. The van der Waals surface area contributed by atoms with Gasteiger partial charge in [-0.15, -0.1) is 0 Å². The summed E-state index contributed by atoms with van der Waals surface area (Å²) in [4.78, 5) is 33.2. The summed E-state index contributed by atoms with van der Waals surface area (Å²) in [6.45, 7) is 8.76. The third kappa shape index (κ3) is 4.64. The van der Waals surface area contributed by atoms with Crippen molar-refractivity contribution < 1.29 is 9.59 Å². The van der Waals surface area contributed by atoms with Crippen molar-refractivity contribution in [1.82, 2.24) is 15.2 Å². The number of hydrogen-bond acceptors (Lipinski definition) is 4. The molecule has 1 aliphatic heterocycles. The molecule has 1 aromatic carbocycles. The summed E-state index contributed by atoms with van der Waals surface area (Å²) in [5, 5.41) is 2.80. The smallest absolute Gasteiger partial charge is 0.270 e. The van der Waals surface area contributed by atoms with Crippen LogP contribution in [0, 0.1) is 6.92 Å². The standard InChI is InChI=1S/C21H26N4O2/c1-15(2)23-20(26)19-14-17(7-8-22-19)21(27)25-11-9-24(10-12-25)18-6-4-5-16(3)13-18/h4-8,13-15H,9-12H2,1-3H3,(H,23,26). The van der Waals surface area contributed by atoms with Gasteiger partial charge in [0.05, 0.1) is 0 Å². The van der Waals surface area contributed by atoms with Crippen LogP contribution in [-0.4, -0.2) is 53.9 Å². The van der Waals surface area contributed by atoms with E-state index in [0.29, 0.717) is 18.7 Å². The topological polar surface area (TPSA) is 65.5 Å². The lowest BCUT2D eigenvalue weighted by atomic mass is 10.1. The molecule has 0 saturated carbocycles. The summed E-state index contributed by atoms with van der Waals surface area (Å²) in [6, 6.07) is 11.7. The summed E-state index contributed by atoms with van der Waals surface area (Å²) in [5.41, 5.74) is 3.20. The minimum Gasteiger partial charge on any atom is -0.368 e. The summed E-state index contributed by atoms with van der Waals surface area (Å²) >= 11 is 0. The van der Waals surface area contributed by atoms with Gasteiger partial charge in [0.15, 0.2) is 0 Å². The molecule has 1 fully saturated rings. The lowest BCUT2D eigenvalue weighted by molar-refractivity contribution is 0.0746. The first-order valence-electron chi connectivity index (χ1n) is 9.32. The molecule has 0 bridgehead atoms. The largest absolute Gasteiger partial charge is 0.368 e. The van der Waals surface area contributed by atoms with E-state index < -0.39 is 0 Å². The van der Waals surface area contributed by atoms with Crippen molar-refractivity contribution in [1.29, 1.82) is 0 Å². The van der Waals surface area contributed by atoms with Gasteiger partial charge in [0, 0.05) is 49.7 Å². The number of aryl methyl sites for hydroxylation is 1. The van der Waals surface area contributed by atoms with Crippen LogP contribution in [0.2, 0.25) is 0 Å². The van der Waals surface area contributed by atoms with E-state index in [1.54, 1.807) is 12.1 Å².